The van der Waals surface area contributed by atoms with Crippen molar-refractivity contribution in [3.63, 3.8) is 0 Å². The van der Waals surface area contributed by atoms with Gasteiger partial charge < -0.3 is 10.1 Å². The van der Waals surface area contributed by atoms with E-state index in [1.807, 2.05) is 0 Å². The second kappa shape index (κ2) is 8.17. The van der Waals surface area contributed by atoms with Gasteiger partial charge in [0.05, 0.1) is 12.8 Å². The van der Waals surface area contributed by atoms with Crippen molar-refractivity contribution in [2.45, 2.75) is 0 Å². The minimum atomic E-state index is -0.312. The highest BCUT2D eigenvalue weighted by atomic mass is 35.5. The number of rotatable bonds is 5. The molecule has 0 radical (unpaired) electrons. The number of aromatic nitrogens is 2. The summed E-state index contributed by atoms with van der Waals surface area (Å²) in [5.74, 6) is 0.154. The molecule has 0 aliphatic carbocycles. The highest BCUT2D eigenvalue weighted by Gasteiger charge is 2.09. The maximum atomic E-state index is 12.2. The summed E-state index contributed by atoms with van der Waals surface area (Å²) >= 11 is 5.82. The summed E-state index contributed by atoms with van der Waals surface area (Å²) in [4.78, 5) is 20.1. The molecule has 2 heterocycles. The molecule has 0 bridgehead atoms. The van der Waals surface area contributed by atoms with Gasteiger partial charge in [-0.15, -0.1) is 5.11 Å². The predicted molar refractivity (Wildman–Crippen MR) is 98.6 cm³/mol. The molecule has 0 fully saturated rings. The van der Waals surface area contributed by atoms with Crippen LogP contribution in [0.3, 0.4) is 0 Å². The van der Waals surface area contributed by atoms with Gasteiger partial charge in [-0.1, -0.05) is 17.7 Å². The Labute approximate surface area is 154 Å². The molecule has 7 nitrogen and oxygen atoms in total. The van der Waals surface area contributed by atoms with Crippen LogP contribution < -0.4 is 10.1 Å². The third kappa shape index (κ3) is 4.40. The number of amides is 1. The molecule has 0 unspecified atom stereocenters. The van der Waals surface area contributed by atoms with Gasteiger partial charge in [0.1, 0.15) is 22.3 Å². The Balaban J connectivity index is 1.78. The van der Waals surface area contributed by atoms with Crippen LogP contribution in [0.2, 0.25) is 5.15 Å². The minimum Gasteiger partial charge on any atom is -0.494 e. The van der Waals surface area contributed by atoms with Crippen LogP contribution in [0.1, 0.15) is 10.5 Å². The molecule has 0 spiro atoms. The quantitative estimate of drug-likeness (QED) is 0.517. The maximum absolute atomic E-state index is 12.2. The largest absolute Gasteiger partial charge is 0.494 e. The Kier molecular flexibility index (Phi) is 5.50. The van der Waals surface area contributed by atoms with E-state index in [1.54, 1.807) is 60.9 Å². The Bertz CT molecular complexity index is 947. The van der Waals surface area contributed by atoms with E-state index in [9.17, 15) is 4.79 Å². The van der Waals surface area contributed by atoms with Crippen molar-refractivity contribution in [2.75, 3.05) is 12.4 Å². The average molecular weight is 368 g/mol. The Morgan fingerprint density at radius 2 is 1.96 bits per heavy atom. The number of benzene rings is 1. The smallest absolute Gasteiger partial charge is 0.274 e. The van der Waals surface area contributed by atoms with Gasteiger partial charge >= 0.3 is 0 Å². The maximum Gasteiger partial charge on any atom is 0.274 e. The van der Waals surface area contributed by atoms with Gasteiger partial charge in [-0.3, -0.25) is 9.78 Å². The first-order valence-corrected chi connectivity index (χ1v) is 7.97. The molecule has 0 aliphatic heterocycles. The van der Waals surface area contributed by atoms with Crippen LogP contribution in [0.15, 0.2) is 71.2 Å². The van der Waals surface area contributed by atoms with Crippen molar-refractivity contribution >= 4 is 34.6 Å². The van der Waals surface area contributed by atoms with Gasteiger partial charge in [0, 0.05) is 30.2 Å². The van der Waals surface area contributed by atoms with Crippen LogP contribution in [-0.4, -0.2) is 23.0 Å². The van der Waals surface area contributed by atoms with Crippen LogP contribution in [0.5, 0.6) is 5.75 Å². The van der Waals surface area contributed by atoms with Gasteiger partial charge in [-0.2, -0.15) is 5.11 Å². The summed E-state index contributed by atoms with van der Waals surface area (Å²) in [6.45, 7) is 0. The molecule has 3 aromatic rings. The zero-order valence-electron chi connectivity index (χ0n) is 13.8. The summed E-state index contributed by atoms with van der Waals surface area (Å²) in [6.07, 6.45) is 3.11. The van der Waals surface area contributed by atoms with Crippen molar-refractivity contribution in [3.8, 4) is 5.75 Å². The molecular weight excluding hydrogens is 354 g/mol. The molecule has 0 saturated heterocycles. The topological polar surface area (TPSA) is 88.8 Å². The molecule has 130 valence electrons. The number of anilines is 1. The fourth-order valence-corrected chi connectivity index (χ4v) is 2.26. The number of azo groups is 1. The lowest BCUT2D eigenvalue weighted by Gasteiger charge is -2.08. The summed E-state index contributed by atoms with van der Waals surface area (Å²) in [6, 6.07) is 13.5. The third-order valence-corrected chi connectivity index (χ3v) is 3.53. The van der Waals surface area contributed by atoms with Crippen molar-refractivity contribution < 1.29 is 9.53 Å². The summed E-state index contributed by atoms with van der Waals surface area (Å²) < 4.78 is 5.33. The lowest BCUT2D eigenvalue weighted by Crippen LogP contribution is -2.13. The Hall–Kier alpha value is -3.32. The molecule has 0 aliphatic rings. The van der Waals surface area contributed by atoms with E-state index < -0.39 is 0 Å². The van der Waals surface area contributed by atoms with Crippen LogP contribution in [-0.2, 0) is 0 Å². The number of carbonyl (C=O) groups is 1. The van der Waals surface area contributed by atoms with Gasteiger partial charge in [-0.25, -0.2) is 4.98 Å². The molecule has 1 aromatic carbocycles. The highest BCUT2D eigenvalue weighted by Crippen LogP contribution is 2.32. The van der Waals surface area contributed by atoms with Crippen LogP contribution >= 0.6 is 11.6 Å². The first-order chi connectivity index (χ1) is 12.7. The van der Waals surface area contributed by atoms with Crippen molar-refractivity contribution in [1.29, 1.82) is 0 Å². The monoisotopic (exact) mass is 367 g/mol. The highest BCUT2D eigenvalue weighted by molar-refractivity contribution is 6.29. The van der Waals surface area contributed by atoms with E-state index in [0.29, 0.717) is 33.7 Å². The normalized spacial score (nSPS) is 10.7. The number of ether oxygens (including phenoxy) is 1. The number of halogens is 1. The fraction of sp³-hybridized carbons (Fsp3) is 0.0556. The minimum absolute atomic E-state index is 0.312. The predicted octanol–water partition coefficient (Wildman–Crippen LogP) is 4.81. The second-order valence-corrected chi connectivity index (χ2v) is 5.48. The van der Waals surface area contributed by atoms with E-state index in [2.05, 4.69) is 25.5 Å². The second-order valence-electron chi connectivity index (χ2n) is 5.09. The fourth-order valence-electron chi connectivity index (χ4n) is 2.10. The molecule has 3 rings (SSSR count). The Morgan fingerprint density at radius 1 is 1.08 bits per heavy atom. The van der Waals surface area contributed by atoms with E-state index in [-0.39, 0.29) is 5.91 Å². The number of nitrogens with one attached hydrogen (secondary N) is 1. The lowest BCUT2D eigenvalue weighted by molar-refractivity contribution is 0.102. The first-order valence-electron chi connectivity index (χ1n) is 7.59. The number of nitrogens with zero attached hydrogens (tertiary/aromatic N) is 4. The lowest BCUT2D eigenvalue weighted by atomic mass is 10.2. The zero-order chi connectivity index (χ0) is 18.4. The average Bonchev–Trinajstić information content (AvgIpc) is 2.67. The number of hydrogen-bond donors (Lipinski definition) is 1. The number of carbonyl (C=O) groups excluding carboxylic acids is 1. The van der Waals surface area contributed by atoms with Crippen molar-refractivity contribution in [1.82, 2.24) is 9.97 Å². The summed E-state index contributed by atoms with van der Waals surface area (Å²) in [5.41, 5.74) is 1.96. The van der Waals surface area contributed by atoms with Crippen molar-refractivity contribution in [3.05, 3.63) is 71.8 Å². The van der Waals surface area contributed by atoms with E-state index >= 15 is 0 Å². The zero-order valence-corrected chi connectivity index (χ0v) is 14.5. The molecule has 2 aromatic heterocycles. The van der Waals surface area contributed by atoms with Crippen LogP contribution in [0.25, 0.3) is 0 Å². The first kappa shape index (κ1) is 17.5. The van der Waals surface area contributed by atoms with Crippen LogP contribution in [0, 0.1) is 0 Å². The van der Waals surface area contributed by atoms with Crippen LogP contribution in [0.4, 0.5) is 17.1 Å². The third-order valence-electron chi connectivity index (χ3n) is 3.32. The van der Waals surface area contributed by atoms with Gasteiger partial charge in [0.2, 0.25) is 0 Å². The van der Waals surface area contributed by atoms with Gasteiger partial charge in [-0.05, 0) is 30.3 Å². The molecule has 26 heavy (non-hydrogen) atoms. The standard InChI is InChI=1S/C18H14ClN5O2/c1-26-16-10-12(22-18(25)15-4-2-3-8-20-15)5-6-14(16)24-23-13-7-9-21-17(19)11-13/h2-11H,1H3,(H,22,25). The Morgan fingerprint density at radius 3 is 2.69 bits per heavy atom. The van der Waals surface area contributed by atoms with Gasteiger partial charge in [0.15, 0.2) is 0 Å². The SMILES string of the molecule is COc1cc(NC(=O)c2ccccn2)ccc1N=Nc1ccnc(Cl)c1. The summed E-state index contributed by atoms with van der Waals surface area (Å²) in [7, 11) is 1.52. The molecule has 1 amide bonds. The number of pyridine rings is 2. The molecule has 0 atom stereocenters. The summed E-state index contributed by atoms with van der Waals surface area (Å²) in [5, 5.41) is 11.4. The molecule has 1 N–H and O–H groups in total. The van der Waals surface area contributed by atoms with E-state index in [4.69, 9.17) is 16.3 Å². The number of methoxy groups -OCH3 is 1. The van der Waals surface area contributed by atoms with E-state index in [0.717, 1.165) is 0 Å². The molecule has 0 saturated carbocycles. The molecular formula is C18H14ClN5O2. The number of hydrogen-bond acceptors (Lipinski definition) is 6. The van der Waals surface area contributed by atoms with Crippen molar-refractivity contribution in [2.24, 2.45) is 10.2 Å². The van der Waals surface area contributed by atoms with Gasteiger partial charge in [0.25, 0.3) is 5.91 Å². The van der Waals surface area contributed by atoms with E-state index in [1.165, 1.54) is 7.11 Å². The molecule has 8 heteroatoms.